The van der Waals surface area contributed by atoms with Crippen molar-refractivity contribution >= 4 is 37.8 Å². The second kappa shape index (κ2) is 5.51. The molecule has 1 N–H and O–H groups in total. The Labute approximate surface area is 128 Å². The molecule has 0 bridgehead atoms. The standard InChI is InChI=1S/C12H8FN3O2S3/c13-8-3-5-9(6-4-8)21(17,18)16-12-15-14-11(20-12)10-2-1-7-19-10/h1-7H,(H,15,16). The van der Waals surface area contributed by atoms with E-state index in [-0.39, 0.29) is 10.0 Å². The normalized spacial score (nSPS) is 11.5. The first-order valence-electron chi connectivity index (χ1n) is 5.70. The van der Waals surface area contributed by atoms with Gasteiger partial charge in [0, 0.05) is 0 Å². The van der Waals surface area contributed by atoms with Crippen LogP contribution >= 0.6 is 22.7 Å². The Kier molecular flexibility index (Phi) is 3.70. The molecule has 1 aromatic carbocycles. The molecule has 0 unspecified atom stereocenters. The summed E-state index contributed by atoms with van der Waals surface area (Å²) in [4.78, 5) is 0.886. The Morgan fingerprint density at radius 3 is 2.52 bits per heavy atom. The minimum Gasteiger partial charge on any atom is -0.253 e. The number of nitrogens with zero attached hydrogens (tertiary/aromatic N) is 2. The van der Waals surface area contributed by atoms with Crippen molar-refractivity contribution in [3.05, 3.63) is 47.6 Å². The smallest absolute Gasteiger partial charge is 0.253 e. The van der Waals surface area contributed by atoms with Gasteiger partial charge in [-0.15, -0.1) is 21.5 Å². The highest BCUT2D eigenvalue weighted by molar-refractivity contribution is 7.93. The molecule has 0 aliphatic rings. The van der Waals surface area contributed by atoms with Gasteiger partial charge < -0.3 is 0 Å². The molecule has 2 heterocycles. The zero-order valence-electron chi connectivity index (χ0n) is 10.4. The molecular weight excluding hydrogens is 333 g/mol. The number of rotatable bonds is 4. The van der Waals surface area contributed by atoms with Gasteiger partial charge in [-0.25, -0.2) is 12.8 Å². The van der Waals surface area contributed by atoms with Gasteiger partial charge in [-0.2, -0.15) is 0 Å². The Morgan fingerprint density at radius 2 is 1.86 bits per heavy atom. The average Bonchev–Trinajstić information content (AvgIpc) is 3.09. The zero-order chi connectivity index (χ0) is 14.9. The molecule has 0 amide bonds. The molecule has 21 heavy (non-hydrogen) atoms. The predicted molar refractivity (Wildman–Crippen MR) is 80.4 cm³/mol. The molecule has 0 aliphatic heterocycles. The Bertz CT molecular complexity index is 842. The lowest BCUT2D eigenvalue weighted by Gasteiger charge is -2.03. The summed E-state index contributed by atoms with van der Waals surface area (Å²) in [5, 5.41) is 10.5. The van der Waals surface area contributed by atoms with Gasteiger partial charge in [0.2, 0.25) is 5.13 Å². The molecule has 0 aliphatic carbocycles. The van der Waals surface area contributed by atoms with E-state index < -0.39 is 15.8 Å². The molecule has 9 heteroatoms. The summed E-state index contributed by atoms with van der Waals surface area (Å²) in [5.41, 5.74) is 0. The van der Waals surface area contributed by atoms with E-state index in [9.17, 15) is 12.8 Å². The SMILES string of the molecule is O=S(=O)(Nc1nnc(-c2cccs2)s1)c1ccc(F)cc1. The molecule has 3 aromatic rings. The first-order chi connectivity index (χ1) is 10.0. The van der Waals surface area contributed by atoms with E-state index in [1.165, 1.54) is 23.5 Å². The van der Waals surface area contributed by atoms with Gasteiger partial charge in [0.1, 0.15) is 5.82 Å². The second-order valence-electron chi connectivity index (χ2n) is 3.95. The van der Waals surface area contributed by atoms with E-state index in [0.29, 0.717) is 5.01 Å². The first kappa shape index (κ1) is 14.1. The van der Waals surface area contributed by atoms with E-state index in [2.05, 4.69) is 14.9 Å². The molecule has 0 atom stereocenters. The summed E-state index contributed by atoms with van der Waals surface area (Å²) in [6.07, 6.45) is 0. The second-order valence-corrected chi connectivity index (χ2v) is 7.56. The van der Waals surface area contributed by atoms with Crippen LogP contribution in [0.25, 0.3) is 9.88 Å². The van der Waals surface area contributed by atoms with E-state index >= 15 is 0 Å². The summed E-state index contributed by atoms with van der Waals surface area (Å²) < 4.78 is 39.4. The van der Waals surface area contributed by atoms with Crippen molar-refractivity contribution in [2.45, 2.75) is 4.90 Å². The number of anilines is 1. The number of nitrogens with one attached hydrogen (secondary N) is 1. The number of benzene rings is 1. The lowest BCUT2D eigenvalue weighted by Crippen LogP contribution is -2.12. The van der Waals surface area contributed by atoms with Crippen molar-refractivity contribution in [2.75, 3.05) is 4.72 Å². The van der Waals surface area contributed by atoms with Crippen molar-refractivity contribution in [1.29, 1.82) is 0 Å². The van der Waals surface area contributed by atoms with Crippen LogP contribution in [0.4, 0.5) is 9.52 Å². The molecule has 0 spiro atoms. The minimum absolute atomic E-state index is 0.0308. The van der Waals surface area contributed by atoms with Gasteiger partial charge in [0.05, 0.1) is 9.77 Å². The molecule has 108 valence electrons. The van der Waals surface area contributed by atoms with E-state index in [0.717, 1.165) is 28.3 Å². The van der Waals surface area contributed by atoms with Crippen LogP contribution in [0.1, 0.15) is 0 Å². The summed E-state index contributed by atoms with van der Waals surface area (Å²) in [6.45, 7) is 0. The minimum atomic E-state index is -3.79. The molecule has 5 nitrogen and oxygen atoms in total. The van der Waals surface area contributed by atoms with Crippen LogP contribution in [-0.4, -0.2) is 18.6 Å². The van der Waals surface area contributed by atoms with Crippen LogP contribution in [0, 0.1) is 5.82 Å². The quantitative estimate of drug-likeness (QED) is 0.791. The third kappa shape index (κ3) is 3.09. The highest BCUT2D eigenvalue weighted by atomic mass is 32.2. The van der Waals surface area contributed by atoms with Crippen LogP contribution < -0.4 is 4.72 Å². The van der Waals surface area contributed by atoms with Crippen molar-refractivity contribution < 1.29 is 12.8 Å². The fourth-order valence-electron chi connectivity index (χ4n) is 1.55. The molecule has 0 fully saturated rings. The van der Waals surface area contributed by atoms with Crippen LogP contribution in [0.15, 0.2) is 46.7 Å². The number of sulfonamides is 1. The maximum absolute atomic E-state index is 12.8. The van der Waals surface area contributed by atoms with Gasteiger partial charge in [0.25, 0.3) is 10.0 Å². The summed E-state index contributed by atoms with van der Waals surface area (Å²) in [5.74, 6) is -0.496. The first-order valence-corrected chi connectivity index (χ1v) is 8.88. The van der Waals surface area contributed by atoms with E-state index in [1.807, 2.05) is 17.5 Å². The monoisotopic (exact) mass is 341 g/mol. The Hall–Kier alpha value is -1.84. The van der Waals surface area contributed by atoms with Gasteiger partial charge in [-0.1, -0.05) is 17.4 Å². The average molecular weight is 341 g/mol. The van der Waals surface area contributed by atoms with E-state index in [4.69, 9.17) is 0 Å². The van der Waals surface area contributed by atoms with Gasteiger partial charge in [0.15, 0.2) is 5.01 Å². The number of thiophene rings is 1. The summed E-state index contributed by atoms with van der Waals surface area (Å²) in [7, 11) is -3.79. The number of hydrogen-bond acceptors (Lipinski definition) is 6. The van der Waals surface area contributed by atoms with Crippen LogP contribution in [0.3, 0.4) is 0 Å². The van der Waals surface area contributed by atoms with Crippen LogP contribution in [-0.2, 0) is 10.0 Å². The van der Waals surface area contributed by atoms with Crippen molar-refractivity contribution in [3.8, 4) is 9.88 Å². The number of hydrogen-bond donors (Lipinski definition) is 1. The fraction of sp³-hybridized carbons (Fsp3) is 0. The van der Waals surface area contributed by atoms with E-state index in [1.54, 1.807) is 0 Å². The maximum atomic E-state index is 12.8. The number of aromatic nitrogens is 2. The Balaban J connectivity index is 1.84. The number of halogens is 1. The van der Waals surface area contributed by atoms with Gasteiger partial charge in [-0.05, 0) is 35.7 Å². The lowest BCUT2D eigenvalue weighted by molar-refractivity contribution is 0.599. The zero-order valence-corrected chi connectivity index (χ0v) is 12.8. The third-order valence-corrected chi connectivity index (χ3v) is 5.86. The molecule has 3 rings (SSSR count). The molecule has 0 saturated carbocycles. The largest absolute Gasteiger partial charge is 0.263 e. The fourth-order valence-corrected chi connectivity index (χ4v) is 4.32. The van der Waals surface area contributed by atoms with Crippen molar-refractivity contribution in [1.82, 2.24) is 10.2 Å². The highest BCUT2D eigenvalue weighted by Crippen LogP contribution is 2.30. The third-order valence-electron chi connectivity index (χ3n) is 2.50. The summed E-state index contributed by atoms with van der Waals surface area (Å²) >= 11 is 2.63. The van der Waals surface area contributed by atoms with Gasteiger partial charge >= 0.3 is 0 Å². The van der Waals surface area contributed by atoms with Crippen molar-refractivity contribution in [3.63, 3.8) is 0 Å². The molecular formula is C12H8FN3O2S3. The van der Waals surface area contributed by atoms with Crippen LogP contribution in [0.5, 0.6) is 0 Å². The predicted octanol–water partition coefficient (Wildman–Crippen LogP) is 3.21. The maximum Gasteiger partial charge on any atom is 0.263 e. The van der Waals surface area contributed by atoms with Crippen LogP contribution in [0.2, 0.25) is 0 Å². The van der Waals surface area contributed by atoms with Crippen molar-refractivity contribution in [2.24, 2.45) is 0 Å². The molecule has 2 aromatic heterocycles. The Morgan fingerprint density at radius 1 is 1.10 bits per heavy atom. The lowest BCUT2D eigenvalue weighted by atomic mass is 10.4. The molecule has 0 saturated heterocycles. The summed E-state index contributed by atoms with van der Waals surface area (Å²) in [6, 6.07) is 8.32. The van der Waals surface area contributed by atoms with Gasteiger partial charge in [-0.3, -0.25) is 4.72 Å². The highest BCUT2D eigenvalue weighted by Gasteiger charge is 2.17. The topological polar surface area (TPSA) is 72.0 Å². The molecule has 0 radical (unpaired) electrons.